The number of rotatable bonds is 5. The second kappa shape index (κ2) is 11.1. The largest absolute Gasteiger partial charge is 0.490 e. The first kappa shape index (κ1) is 27.9. The number of amides is 1. The highest BCUT2D eigenvalue weighted by Gasteiger charge is 2.37. The fourth-order valence-electron chi connectivity index (χ4n) is 5.43. The van der Waals surface area contributed by atoms with Gasteiger partial charge in [0.1, 0.15) is 0 Å². The molecule has 5 rings (SSSR count). The third kappa shape index (κ3) is 5.65. The van der Waals surface area contributed by atoms with Crippen molar-refractivity contribution in [2.75, 3.05) is 52.5 Å². The molecule has 0 atom stereocenters. The maximum Gasteiger partial charge on any atom is 0.243 e. The summed E-state index contributed by atoms with van der Waals surface area (Å²) < 4.78 is 67.1. The zero-order chi connectivity index (χ0) is 27.8. The van der Waals surface area contributed by atoms with Crippen molar-refractivity contribution in [3.63, 3.8) is 0 Å². The number of ether oxygens (including phenoxy) is 2. The van der Waals surface area contributed by atoms with Crippen molar-refractivity contribution in [1.82, 2.24) is 13.5 Å². The van der Waals surface area contributed by atoms with E-state index < -0.39 is 20.0 Å². The molecule has 0 unspecified atom stereocenters. The zero-order valence-corrected chi connectivity index (χ0v) is 24.0. The molecule has 1 amide bonds. The molecule has 39 heavy (non-hydrogen) atoms. The van der Waals surface area contributed by atoms with Gasteiger partial charge in [0.15, 0.2) is 11.5 Å². The molecule has 2 fully saturated rings. The third-order valence-electron chi connectivity index (χ3n) is 7.66. The molecule has 3 aliphatic heterocycles. The van der Waals surface area contributed by atoms with E-state index in [1.54, 1.807) is 30.0 Å². The number of piperazine rings is 1. The first-order valence-corrected chi connectivity index (χ1v) is 16.2. The smallest absolute Gasteiger partial charge is 0.243 e. The molecule has 0 saturated carbocycles. The van der Waals surface area contributed by atoms with Gasteiger partial charge < -0.3 is 14.4 Å². The van der Waals surface area contributed by atoms with Gasteiger partial charge >= 0.3 is 0 Å². The number of carbonyl (C=O) groups excluding carboxylic acids is 1. The molecule has 12 heteroatoms. The first-order chi connectivity index (χ1) is 18.6. The average Bonchev–Trinajstić information content (AvgIpc) is 3.17. The second-order valence-electron chi connectivity index (χ2n) is 10.3. The standard InChI is InChI=1S/C27H35N3O7S2/c1-20-4-7-26(21(2)18-20)39(34,35)30-14-12-28(13-15-30)27(31)22-8-10-29(11-9-22)38(32,33)23-5-6-24-25(19-23)37-17-3-16-36-24/h4-7,18-19,22H,3,8-17H2,1-2H3. The van der Waals surface area contributed by atoms with Crippen LogP contribution in [-0.4, -0.2) is 88.7 Å². The Kier molecular flexibility index (Phi) is 7.91. The molecule has 0 radical (unpaired) electrons. The minimum Gasteiger partial charge on any atom is -0.490 e. The van der Waals surface area contributed by atoms with E-state index in [0.717, 1.165) is 12.0 Å². The van der Waals surface area contributed by atoms with E-state index in [1.807, 2.05) is 13.0 Å². The summed E-state index contributed by atoms with van der Waals surface area (Å²) in [5.74, 6) is 0.643. The van der Waals surface area contributed by atoms with Gasteiger partial charge in [0.2, 0.25) is 26.0 Å². The maximum absolute atomic E-state index is 13.3. The predicted molar refractivity (Wildman–Crippen MR) is 145 cm³/mol. The summed E-state index contributed by atoms with van der Waals surface area (Å²) in [7, 11) is -7.37. The molecule has 2 saturated heterocycles. The van der Waals surface area contributed by atoms with Gasteiger partial charge in [0.05, 0.1) is 23.0 Å². The van der Waals surface area contributed by atoms with Gasteiger partial charge in [-0.15, -0.1) is 0 Å². The van der Waals surface area contributed by atoms with Crippen LogP contribution in [0.25, 0.3) is 0 Å². The van der Waals surface area contributed by atoms with Crippen molar-refractivity contribution in [2.45, 2.75) is 42.9 Å². The Labute approximate surface area is 230 Å². The topological polar surface area (TPSA) is 114 Å². The van der Waals surface area contributed by atoms with Crippen LogP contribution in [-0.2, 0) is 24.8 Å². The summed E-state index contributed by atoms with van der Waals surface area (Å²) in [4.78, 5) is 15.4. The molecule has 0 bridgehead atoms. The van der Waals surface area contributed by atoms with Crippen molar-refractivity contribution >= 4 is 26.0 Å². The van der Waals surface area contributed by atoms with Crippen LogP contribution in [0, 0.1) is 19.8 Å². The molecule has 3 aliphatic rings. The van der Waals surface area contributed by atoms with Crippen LogP contribution in [0.3, 0.4) is 0 Å². The van der Waals surface area contributed by atoms with Crippen LogP contribution in [0.1, 0.15) is 30.4 Å². The molecule has 10 nitrogen and oxygen atoms in total. The number of carbonyl (C=O) groups is 1. The van der Waals surface area contributed by atoms with E-state index in [2.05, 4.69) is 0 Å². The molecule has 0 aliphatic carbocycles. The summed E-state index contributed by atoms with van der Waals surface area (Å²) >= 11 is 0. The van der Waals surface area contributed by atoms with E-state index in [0.29, 0.717) is 61.1 Å². The van der Waals surface area contributed by atoms with E-state index in [1.165, 1.54) is 20.7 Å². The van der Waals surface area contributed by atoms with Gasteiger partial charge in [-0.3, -0.25) is 4.79 Å². The molecular weight excluding hydrogens is 542 g/mol. The Hall–Kier alpha value is -2.67. The number of hydrogen-bond donors (Lipinski definition) is 0. The SMILES string of the molecule is Cc1ccc(S(=O)(=O)N2CCN(C(=O)C3CCN(S(=O)(=O)c4ccc5c(c4)OCCCO5)CC3)CC2)c(C)c1. The monoisotopic (exact) mass is 577 g/mol. The van der Waals surface area contributed by atoms with E-state index in [4.69, 9.17) is 9.47 Å². The lowest BCUT2D eigenvalue weighted by Gasteiger charge is -2.38. The van der Waals surface area contributed by atoms with Crippen LogP contribution >= 0.6 is 0 Å². The quantitative estimate of drug-likeness (QED) is 0.536. The Morgan fingerprint density at radius 3 is 2.08 bits per heavy atom. The lowest BCUT2D eigenvalue weighted by Crippen LogP contribution is -2.53. The van der Waals surface area contributed by atoms with Gasteiger partial charge in [-0.2, -0.15) is 8.61 Å². The van der Waals surface area contributed by atoms with Crippen molar-refractivity contribution in [1.29, 1.82) is 0 Å². The normalized spacial score (nSPS) is 20.0. The van der Waals surface area contributed by atoms with Crippen molar-refractivity contribution in [2.24, 2.45) is 5.92 Å². The lowest BCUT2D eigenvalue weighted by atomic mass is 9.96. The fourth-order valence-corrected chi connectivity index (χ4v) is 8.54. The fraction of sp³-hybridized carbons (Fsp3) is 0.519. The molecule has 3 heterocycles. The van der Waals surface area contributed by atoms with Crippen molar-refractivity contribution in [3.05, 3.63) is 47.5 Å². The Balaban J connectivity index is 1.17. The molecule has 2 aromatic rings. The first-order valence-electron chi connectivity index (χ1n) is 13.3. The Bertz CT molecular complexity index is 1440. The van der Waals surface area contributed by atoms with Crippen LogP contribution in [0.5, 0.6) is 11.5 Å². The molecule has 212 valence electrons. The van der Waals surface area contributed by atoms with Crippen LogP contribution < -0.4 is 9.47 Å². The summed E-state index contributed by atoms with van der Waals surface area (Å²) in [6.45, 7) is 6.30. The molecule has 0 spiro atoms. The van der Waals surface area contributed by atoms with Gasteiger partial charge in [0, 0.05) is 57.7 Å². The highest BCUT2D eigenvalue weighted by Crippen LogP contribution is 2.34. The van der Waals surface area contributed by atoms with Gasteiger partial charge in [-0.05, 0) is 50.5 Å². The van der Waals surface area contributed by atoms with Gasteiger partial charge in [-0.25, -0.2) is 16.8 Å². The number of fused-ring (bicyclic) bond motifs is 1. The van der Waals surface area contributed by atoms with E-state index in [-0.39, 0.29) is 42.9 Å². The summed E-state index contributed by atoms with van der Waals surface area (Å²) in [6, 6.07) is 9.97. The highest BCUT2D eigenvalue weighted by molar-refractivity contribution is 7.89. The molecule has 2 aromatic carbocycles. The number of aryl methyl sites for hydroxylation is 2. The lowest BCUT2D eigenvalue weighted by molar-refractivity contribution is -0.137. The van der Waals surface area contributed by atoms with E-state index >= 15 is 0 Å². The van der Waals surface area contributed by atoms with Crippen LogP contribution in [0.4, 0.5) is 0 Å². The van der Waals surface area contributed by atoms with Crippen molar-refractivity contribution in [3.8, 4) is 11.5 Å². The molecular formula is C27H35N3O7S2. The predicted octanol–water partition coefficient (Wildman–Crippen LogP) is 2.40. The zero-order valence-electron chi connectivity index (χ0n) is 22.3. The molecule has 0 aromatic heterocycles. The third-order valence-corrected chi connectivity index (χ3v) is 11.6. The number of piperidine rings is 1. The summed E-state index contributed by atoms with van der Waals surface area (Å²) in [6.07, 6.45) is 1.57. The average molecular weight is 578 g/mol. The van der Waals surface area contributed by atoms with Gasteiger partial charge in [-0.1, -0.05) is 17.7 Å². The Morgan fingerprint density at radius 1 is 0.769 bits per heavy atom. The highest BCUT2D eigenvalue weighted by atomic mass is 32.2. The minimum absolute atomic E-state index is 0.0359. The van der Waals surface area contributed by atoms with Crippen molar-refractivity contribution < 1.29 is 31.1 Å². The second-order valence-corrected chi connectivity index (χ2v) is 14.2. The number of benzene rings is 2. The van der Waals surface area contributed by atoms with E-state index in [9.17, 15) is 21.6 Å². The van der Waals surface area contributed by atoms with Gasteiger partial charge in [0.25, 0.3) is 0 Å². The minimum atomic E-state index is -3.74. The number of sulfonamides is 2. The van der Waals surface area contributed by atoms with Crippen LogP contribution in [0.15, 0.2) is 46.2 Å². The van der Waals surface area contributed by atoms with Crippen LogP contribution in [0.2, 0.25) is 0 Å². The maximum atomic E-state index is 13.3. The summed E-state index contributed by atoms with van der Waals surface area (Å²) in [5.41, 5.74) is 1.71. The summed E-state index contributed by atoms with van der Waals surface area (Å²) in [5, 5.41) is 0. The molecule has 0 N–H and O–H groups in total. The number of hydrogen-bond acceptors (Lipinski definition) is 7. The number of nitrogens with zero attached hydrogens (tertiary/aromatic N) is 3. The Morgan fingerprint density at radius 2 is 1.41 bits per heavy atom.